The zero-order valence-electron chi connectivity index (χ0n) is 15.1. The molecule has 132 valence electrons. The van der Waals surface area contributed by atoms with E-state index < -0.39 is 7.12 Å². The third-order valence-electron chi connectivity index (χ3n) is 4.86. The highest BCUT2D eigenvalue weighted by atomic mass is 16.4. The van der Waals surface area contributed by atoms with Gasteiger partial charge in [0.1, 0.15) is 0 Å². The molecule has 1 heterocycles. The van der Waals surface area contributed by atoms with E-state index in [4.69, 9.17) is 0 Å². The molecule has 27 heavy (non-hydrogen) atoms. The van der Waals surface area contributed by atoms with Gasteiger partial charge >= 0.3 is 7.12 Å². The van der Waals surface area contributed by atoms with Gasteiger partial charge in [0.15, 0.2) is 0 Å². The highest BCUT2D eigenvalue weighted by molar-refractivity contribution is 6.59. The number of fused-ring (bicyclic) bond motifs is 5. The van der Waals surface area contributed by atoms with Crippen LogP contribution in [0.4, 0.5) is 0 Å². The fraction of sp³-hybridized carbons (Fsp3) is 0.0435. The molecule has 3 nitrogen and oxygen atoms in total. The summed E-state index contributed by atoms with van der Waals surface area (Å²) in [5.74, 6) is 0. The molecule has 0 saturated carbocycles. The van der Waals surface area contributed by atoms with Gasteiger partial charge in [-0.05, 0) is 47.4 Å². The normalized spacial score (nSPS) is 12.5. The Morgan fingerprint density at radius 3 is 2.52 bits per heavy atom. The molecule has 4 rings (SSSR count). The highest BCUT2D eigenvalue weighted by Crippen LogP contribution is 2.36. The minimum absolute atomic E-state index is 0.481. The van der Waals surface area contributed by atoms with Crippen LogP contribution in [0.25, 0.3) is 38.3 Å². The second-order valence-electron chi connectivity index (χ2n) is 6.49. The molecular formula is C23H20BNO2. The van der Waals surface area contributed by atoms with Gasteiger partial charge in [-0.1, -0.05) is 61.2 Å². The van der Waals surface area contributed by atoms with Gasteiger partial charge < -0.3 is 14.6 Å². The Morgan fingerprint density at radius 2 is 1.78 bits per heavy atom. The van der Waals surface area contributed by atoms with Gasteiger partial charge in [-0.25, -0.2) is 0 Å². The number of allylic oxidation sites excluding steroid dienone is 5. The van der Waals surface area contributed by atoms with Crippen LogP contribution < -0.4 is 5.46 Å². The maximum absolute atomic E-state index is 9.67. The zero-order valence-corrected chi connectivity index (χ0v) is 15.1. The second-order valence-corrected chi connectivity index (χ2v) is 6.49. The molecule has 4 heteroatoms. The van der Waals surface area contributed by atoms with Crippen molar-refractivity contribution >= 4 is 50.9 Å². The lowest BCUT2D eigenvalue weighted by molar-refractivity contribution is 0.426. The number of hydrogen-bond donors (Lipinski definition) is 2. The van der Waals surface area contributed by atoms with Crippen molar-refractivity contribution in [2.75, 3.05) is 0 Å². The van der Waals surface area contributed by atoms with Crippen LogP contribution >= 0.6 is 0 Å². The molecule has 2 N–H and O–H groups in total. The van der Waals surface area contributed by atoms with E-state index in [-0.39, 0.29) is 0 Å². The first-order chi connectivity index (χ1) is 13.2. The number of hydrogen-bond acceptors (Lipinski definition) is 2. The molecule has 3 aromatic carbocycles. The Bertz CT molecular complexity index is 1230. The van der Waals surface area contributed by atoms with Crippen LogP contribution in [-0.2, 0) is 0 Å². The van der Waals surface area contributed by atoms with Gasteiger partial charge in [-0.15, -0.1) is 0 Å². The van der Waals surface area contributed by atoms with Gasteiger partial charge in [0.25, 0.3) is 0 Å². The SMILES string of the molecule is C=C/C=C(\C=C/C)n1c2ccc(B(O)O)cc2c2c3ccccc3ccc21. The lowest BCUT2D eigenvalue weighted by Gasteiger charge is -2.09. The van der Waals surface area contributed by atoms with Crippen LogP contribution in [0.15, 0.2) is 85.5 Å². The van der Waals surface area contributed by atoms with E-state index in [9.17, 15) is 10.0 Å². The summed E-state index contributed by atoms with van der Waals surface area (Å²) in [7, 11) is -1.50. The summed E-state index contributed by atoms with van der Waals surface area (Å²) < 4.78 is 2.19. The topological polar surface area (TPSA) is 45.4 Å². The van der Waals surface area contributed by atoms with Crippen LogP contribution in [0, 0.1) is 0 Å². The van der Waals surface area contributed by atoms with Gasteiger partial charge in [0, 0.05) is 16.5 Å². The van der Waals surface area contributed by atoms with Crippen LogP contribution in [-0.4, -0.2) is 21.7 Å². The van der Waals surface area contributed by atoms with Crippen LogP contribution in [0.2, 0.25) is 0 Å². The molecular weight excluding hydrogens is 333 g/mol. The molecule has 0 radical (unpaired) electrons. The first-order valence-electron chi connectivity index (χ1n) is 8.93. The summed E-state index contributed by atoms with van der Waals surface area (Å²) >= 11 is 0. The highest BCUT2D eigenvalue weighted by Gasteiger charge is 2.18. The molecule has 0 amide bonds. The summed E-state index contributed by atoms with van der Waals surface area (Å²) in [5, 5.41) is 23.7. The Morgan fingerprint density at radius 1 is 1.00 bits per heavy atom. The largest absolute Gasteiger partial charge is 0.488 e. The average Bonchev–Trinajstić information content (AvgIpc) is 3.01. The minimum Gasteiger partial charge on any atom is -0.423 e. The fourth-order valence-corrected chi connectivity index (χ4v) is 3.74. The fourth-order valence-electron chi connectivity index (χ4n) is 3.74. The minimum atomic E-state index is -1.50. The first kappa shape index (κ1) is 17.3. The summed E-state index contributed by atoms with van der Waals surface area (Å²) in [6.07, 6.45) is 7.80. The third kappa shape index (κ3) is 2.80. The monoisotopic (exact) mass is 353 g/mol. The molecule has 0 unspecified atom stereocenters. The molecule has 4 aromatic rings. The smallest absolute Gasteiger partial charge is 0.423 e. The Labute approximate surface area is 158 Å². The van der Waals surface area contributed by atoms with E-state index in [1.807, 2.05) is 49.4 Å². The van der Waals surface area contributed by atoms with Gasteiger partial charge in [0.05, 0.1) is 11.0 Å². The first-order valence-corrected chi connectivity index (χ1v) is 8.93. The molecule has 0 aliphatic carbocycles. The van der Waals surface area contributed by atoms with Crippen molar-refractivity contribution in [1.29, 1.82) is 0 Å². The van der Waals surface area contributed by atoms with Crippen molar-refractivity contribution in [3.05, 3.63) is 85.5 Å². The quantitative estimate of drug-likeness (QED) is 0.426. The Hall–Kier alpha value is -3.08. The van der Waals surface area contributed by atoms with Crippen molar-refractivity contribution in [2.45, 2.75) is 6.92 Å². The lowest BCUT2D eigenvalue weighted by Crippen LogP contribution is -2.29. The van der Waals surface area contributed by atoms with Gasteiger partial charge in [0.2, 0.25) is 0 Å². The molecule has 0 saturated heterocycles. The second kappa shape index (κ2) is 6.91. The van der Waals surface area contributed by atoms with E-state index in [0.29, 0.717) is 5.46 Å². The van der Waals surface area contributed by atoms with Gasteiger partial charge in [-0.3, -0.25) is 0 Å². The number of nitrogens with zero attached hydrogens (tertiary/aromatic N) is 1. The predicted molar refractivity (Wildman–Crippen MR) is 116 cm³/mol. The van der Waals surface area contributed by atoms with Crippen molar-refractivity contribution < 1.29 is 10.0 Å². The van der Waals surface area contributed by atoms with Crippen molar-refractivity contribution in [3.63, 3.8) is 0 Å². The van der Waals surface area contributed by atoms with Crippen LogP contribution in [0.5, 0.6) is 0 Å². The number of benzene rings is 3. The van der Waals surface area contributed by atoms with Gasteiger partial charge in [-0.2, -0.15) is 0 Å². The predicted octanol–water partition coefficient (Wildman–Crippen LogP) is 4.23. The van der Waals surface area contributed by atoms with E-state index in [1.54, 1.807) is 12.1 Å². The number of aromatic nitrogens is 1. The van der Waals surface area contributed by atoms with E-state index in [1.165, 1.54) is 0 Å². The molecule has 1 aromatic heterocycles. The Kier molecular flexibility index (Phi) is 4.44. The summed E-state index contributed by atoms with van der Waals surface area (Å²) in [5.41, 5.74) is 3.56. The molecule has 0 aliphatic heterocycles. The molecule has 0 fully saturated rings. The molecule has 0 atom stereocenters. The average molecular weight is 353 g/mol. The lowest BCUT2D eigenvalue weighted by atomic mass is 9.79. The maximum Gasteiger partial charge on any atom is 0.488 e. The standard InChI is InChI=1S/C23H20BNO2/c1-3-7-18(8-4-2)25-21-14-12-17(24(26)27)15-20(21)23-19-10-6-5-9-16(19)11-13-22(23)25/h3-15,26-27H,1H2,2H3/b8-4-,18-7+. The zero-order chi connectivity index (χ0) is 19.0. The van der Waals surface area contributed by atoms with E-state index >= 15 is 0 Å². The maximum atomic E-state index is 9.67. The van der Waals surface area contributed by atoms with Crippen molar-refractivity contribution in [1.82, 2.24) is 4.57 Å². The summed E-state index contributed by atoms with van der Waals surface area (Å²) in [4.78, 5) is 0. The summed E-state index contributed by atoms with van der Waals surface area (Å²) in [6.45, 7) is 5.84. The van der Waals surface area contributed by atoms with Crippen molar-refractivity contribution in [3.8, 4) is 0 Å². The van der Waals surface area contributed by atoms with Crippen LogP contribution in [0.1, 0.15) is 6.92 Å². The molecule has 0 spiro atoms. The number of rotatable bonds is 4. The Balaban J connectivity index is 2.24. The van der Waals surface area contributed by atoms with Crippen LogP contribution in [0.3, 0.4) is 0 Å². The summed E-state index contributed by atoms with van der Waals surface area (Å²) in [6, 6.07) is 18.1. The van der Waals surface area contributed by atoms with Crippen molar-refractivity contribution in [2.24, 2.45) is 0 Å². The molecule has 0 aliphatic rings. The van der Waals surface area contributed by atoms with E-state index in [0.717, 1.165) is 38.3 Å². The van der Waals surface area contributed by atoms with E-state index in [2.05, 4.69) is 35.4 Å². The third-order valence-corrected chi connectivity index (χ3v) is 4.86. The molecule has 0 bridgehead atoms.